The lowest BCUT2D eigenvalue weighted by atomic mass is 10.1. The molecule has 2 N–H and O–H groups in total. The standard InChI is InChI=1S/C22H24F2N8O2/c23-19-4-3-17(22(24)18(19)13-25)6-7-26-8-10-31(9-1-11-33)21(34)12-16-2-5-20(27-14-16)32-15-28-29-30-32/h2-5,14-15,26,33H,1,6-12H2. The first-order chi connectivity index (χ1) is 16.5. The SMILES string of the molecule is N#Cc1c(F)ccc(CCNCCN(CCCO)C(=O)Cc2ccc(-n3cnnn3)nc2)c1F. The molecule has 34 heavy (non-hydrogen) atoms. The van der Waals surface area contributed by atoms with E-state index in [0.717, 1.165) is 11.6 Å². The van der Waals surface area contributed by atoms with Gasteiger partial charge in [-0.2, -0.15) is 9.94 Å². The van der Waals surface area contributed by atoms with E-state index in [-0.39, 0.29) is 30.9 Å². The number of hydrogen-bond acceptors (Lipinski definition) is 8. The lowest BCUT2D eigenvalue weighted by Crippen LogP contribution is -2.39. The van der Waals surface area contributed by atoms with Gasteiger partial charge in [-0.25, -0.2) is 13.8 Å². The van der Waals surface area contributed by atoms with Crippen molar-refractivity contribution in [1.82, 2.24) is 35.4 Å². The van der Waals surface area contributed by atoms with Crippen LogP contribution < -0.4 is 5.32 Å². The van der Waals surface area contributed by atoms with E-state index in [1.807, 2.05) is 0 Å². The Bertz CT molecular complexity index is 1120. The predicted molar refractivity (Wildman–Crippen MR) is 117 cm³/mol. The second-order valence-corrected chi connectivity index (χ2v) is 7.42. The summed E-state index contributed by atoms with van der Waals surface area (Å²) in [5, 5.41) is 32.0. The zero-order valence-electron chi connectivity index (χ0n) is 18.4. The van der Waals surface area contributed by atoms with Crippen LogP contribution in [0.2, 0.25) is 0 Å². The third kappa shape index (κ3) is 6.60. The third-order valence-corrected chi connectivity index (χ3v) is 5.10. The Balaban J connectivity index is 1.49. The third-order valence-electron chi connectivity index (χ3n) is 5.10. The summed E-state index contributed by atoms with van der Waals surface area (Å²) in [5.74, 6) is -1.31. The van der Waals surface area contributed by atoms with Crippen LogP contribution in [0.1, 0.15) is 23.1 Å². The van der Waals surface area contributed by atoms with Crippen molar-refractivity contribution in [3.05, 3.63) is 65.1 Å². The van der Waals surface area contributed by atoms with Crippen molar-refractivity contribution in [3.8, 4) is 11.9 Å². The fourth-order valence-electron chi connectivity index (χ4n) is 3.29. The number of carbonyl (C=O) groups is 1. The predicted octanol–water partition coefficient (Wildman–Crippen LogP) is 0.793. The molecule has 0 saturated carbocycles. The molecule has 178 valence electrons. The number of tetrazole rings is 1. The Hall–Kier alpha value is -3.82. The maximum absolute atomic E-state index is 14.1. The van der Waals surface area contributed by atoms with Gasteiger partial charge in [-0.15, -0.1) is 5.10 Å². The Morgan fingerprint density at radius 3 is 2.74 bits per heavy atom. The number of aliphatic hydroxyl groups is 1. The van der Waals surface area contributed by atoms with Crippen LogP contribution in [0.15, 0.2) is 36.8 Å². The van der Waals surface area contributed by atoms with Crippen LogP contribution in [0.4, 0.5) is 8.78 Å². The molecular formula is C22H24F2N8O2. The van der Waals surface area contributed by atoms with Crippen LogP contribution in [0.3, 0.4) is 0 Å². The van der Waals surface area contributed by atoms with Crippen LogP contribution in [0.25, 0.3) is 5.82 Å². The van der Waals surface area contributed by atoms with Gasteiger partial charge in [0.25, 0.3) is 0 Å². The summed E-state index contributed by atoms with van der Waals surface area (Å²) in [6.45, 7) is 1.58. The number of nitrogens with zero attached hydrogens (tertiary/aromatic N) is 7. The monoisotopic (exact) mass is 470 g/mol. The lowest BCUT2D eigenvalue weighted by molar-refractivity contribution is -0.130. The van der Waals surface area contributed by atoms with Crippen molar-refractivity contribution in [2.24, 2.45) is 0 Å². The molecule has 0 unspecified atom stereocenters. The highest BCUT2D eigenvalue weighted by Crippen LogP contribution is 2.16. The number of benzene rings is 1. The minimum absolute atomic E-state index is 0.0372. The van der Waals surface area contributed by atoms with E-state index in [0.29, 0.717) is 38.4 Å². The molecule has 0 bridgehead atoms. The summed E-state index contributed by atoms with van der Waals surface area (Å²) < 4.78 is 29.0. The van der Waals surface area contributed by atoms with Crippen LogP contribution in [-0.2, 0) is 17.6 Å². The number of rotatable bonds is 12. The van der Waals surface area contributed by atoms with Gasteiger partial charge in [0.2, 0.25) is 5.91 Å². The number of hydrogen-bond donors (Lipinski definition) is 2. The Morgan fingerprint density at radius 2 is 2.06 bits per heavy atom. The molecule has 1 amide bonds. The molecule has 0 aliphatic heterocycles. The zero-order chi connectivity index (χ0) is 24.3. The number of nitrogens with one attached hydrogen (secondary N) is 1. The molecule has 0 radical (unpaired) electrons. The minimum atomic E-state index is -0.880. The summed E-state index contributed by atoms with van der Waals surface area (Å²) in [6.07, 6.45) is 3.87. The quantitative estimate of drug-likeness (QED) is 0.371. The van der Waals surface area contributed by atoms with Crippen molar-refractivity contribution >= 4 is 5.91 Å². The molecule has 2 heterocycles. The molecule has 0 fully saturated rings. The van der Waals surface area contributed by atoms with Crippen molar-refractivity contribution in [2.75, 3.05) is 32.8 Å². The molecule has 1 aromatic carbocycles. The van der Waals surface area contributed by atoms with Crippen molar-refractivity contribution < 1.29 is 18.7 Å². The number of carbonyl (C=O) groups excluding carboxylic acids is 1. The average molecular weight is 470 g/mol. The second-order valence-electron chi connectivity index (χ2n) is 7.42. The van der Waals surface area contributed by atoms with Crippen LogP contribution in [0.5, 0.6) is 0 Å². The molecular weight excluding hydrogens is 446 g/mol. The Kier molecular flexibility index (Phi) is 9.07. The highest BCUT2D eigenvalue weighted by molar-refractivity contribution is 5.78. The van der Waals surface area contributed by atoms with Gasteiger partial charge in [0.15, 0.2) is 5.82 Å². The van der Waals surface area contributed by atoms with Crippen LogP contribution in [0, 0.1) is 23.0 Å². The van der Waals surface area contributed by atoms with Crippen LogP contribution in [-0.4, -0.2) is 73.9 Å². The smallest absolute Gasteiger partial charge is 0.227 e. The van der Waals surface area contributed by atoms with E-state index in [1.165, 1.54) is 23.1 Å². The summed E-state index contributed by atoms with van der Waals surface area (Å²) in [4.78, 5) is 18.7. The Labute approximate surface area is 194 Å². The first-order valence-electron chi connectivity index (χ1n) is 10.7. The maximum atomic E-state index is 14.1. The van der Waals surface area contributed by atoms with Gasteiger partial charge in [-0.05, 0) is 53.1 Å². The topological polar surface area (TPSA) is 133 Å². The Morgan fingerprint density at radius 1 is 1.21 bits per heavy atom. The number of aliphatic hydroxyl groups excluding tert-OH is 1. The molecule has 0 aliphatic carbocycles. The van der Waals surface area contributed by atoms with Gasteiger partial charge in [-0.1, -0.05) is 12.1 Å². The van der Waals surface area contributed by atoms with E-state index in [2.05, 4.69) is 25.8 Å². The molecule has 0 spiro atoms. The first-order valence-corrected chi connectivity index (χ1v) is 10.7. The van der Waals surface area contributed by atoms with E-state index in [4.69, 9.17) is 10.4 Å². The summed E-state index contributed by atoms with van der Waals surface area (Å²) in [6, 6.07) is 7.42. The van der Waals surface area contributed by atoms with Gasteiger partial charge in [-0.3, -0.25) is 4.79 Å². The number of pyridine rings is 1. The summed E-state index contributed by atoms with van der Waals surface area (Å²) in [5.41, 5.74) is 0.388. The first kappa shape index (κ1) is 24.8. The normalized spacial score (nSPS) is 10.8. The lowest BCUT2D eigenvalue weighted by Gasteiger charge is -2.23. The van der Waals surface area contributed by atoms with Crippen LogP contribution >= 0.6 is 0 Å². The van der Waals surface area contributed by atoms with Gasteiger partial charge in [0, 0.05) is 32.4 Å². The molecule has 0 aliphatic rings. The van der Waals surface area contributed by atoms with E-state index >= 15 is 0 Å². The van der Waals surface area contributed by atoms with E-state index < -0.39 is 17.2 Å². The van der Waals surface area contributed by atoms with Crippen molar-refractivity contribution in [1.29, 1.82) is 5.26 Å². The molecule has 0 saturated heterocycles. The molecule has 3 rings (SSSR count). The highest BCUT2D eigenvalue weighted by Gasteiger charge is 2.15. The molecule has 12 heteroatoms. The van der Waals surface area contributed by atoms with Crippen molar-refractivity contribution in [2.45, 2.75) is 19.3 Å². The number of aromatic nitrogens is 5. The largest absolute Gasteiger partial charge is 0.396 e. The van der Waals surface area contributed by atoms with Gasteiger partial charge in [0.1, 0.15) is 29.6 Å². The zero-order valence-corrected chi connectivity index (χ0v) is 18.4. The second kappa shape index (κ2) is 12.4. The minimum Gasteiger partial charge on any atom is -0.396 e. The number of nitriles is 1. The molecule has 0 atom stereocenters. The van der Waals surface area contributed by atoms with Gasteiger partial charge >= 0.3 is 0 Å². The summed E-state index contributed by atoms with van der Waals surface area (Å²) >= 11 is 0. The number of halogens is 2. The fraction of sp³-hybridized carbons (Fsp3) is 0.364. The van der Waals surface area contributed by atoms with Gasteiger partial charge in [0.05, 0.1) is 6.42 Å². The molecule has 3 aromatic rings. The average Bonchev–Trinajstić information content (AvgIpc) is 3.38. The summed E-state index contributed by atoms with van der Waals surface area (Å²) in [7, 11) is 0. The maximum Gasteiger partial charge on any atom is 0.227 e. The van der Waals surface area contributed by atoms with E-state index in [9.17, 15) is 13.6 Å². The van der Waals surface area contributed by atoms with E-state index in [1.54, 1.807) is 23.2 Å². The fourth-order valence-corrected chi connectivity index (χ4v) is 3.29. The van der Waals surface area contributed by atoms with Crippen molar-refractivity contribution in [3.63, 3.8) is 0 Å². The van der Waals surface area contributed by atoms with Gasteiger partial charge < -0.3 is 15.3 Å². The molecule has 2 aromatic heterocycles. The number of amides is 1. The highest BCUT2D eigenvalue weighted by atomic mass is 19.1. The molecule has 10 nitrogen and oxygen atoms in total.